The van der Waals surface area contributed by atoms with E-state index >= 15 is 0 Å². The molecule has 0 aromatic carbocycles. The number of amides is 1. The number of carbonyl (C=O) groups is 1. The minimum atomic E-state index is -0.155. The molecular formula is C10H16ClN3OS2. The van der Waals surface area contributed by atoms with Crippen molar-refractivity contribution >= 4 is 47.0 Å². The van der Waals surface area contributed by atoms with E-state index in [1.807, 2.05) is 30.4 Å². The highest BCUT2D eigenvalue weighted by Crippen LogP contribution is 2.07. The van der Waals surface area contributed by atoms with Crippen molar-refractivity contribution in [3.63, 3.8) is 0 Å². The van der Waals surface area contributed by atoms with Gasteiger partial charge in [-0.3, -0.25) is 10.1 Å². The molecule has 0 radical (unpaired) electrons. The minimum Gasteiger partial charge on any atom is -0.361 e. The molecule has 1 heterocycles. The number of thiophene rings is 1. The topological polar surface area (TPSA) is 44.4 Å². The molecule has 2 N–H and O–H groups in total. The molecule has 0 spiro atoms. The normalized spacial score (nSPS) is 9.59. The number of nitrogens with one attached hydrogen (secondary N) is 2. The van der Waals surface area contributed by atoms with Crippen molar-refractivity contribution in [3.05, 3.63) is 22.4 Å². The van der Waals surface area contributed by atoms with Crippen LogP contribution >= 0.6 is 36.0 Å². The zero-order chi connectivity index (χ0) is 12.0. The van der Waals surface area contributed by atoms with Gasteiger partial charge in [-0.2, -0.15) is 0 Å². The van der Waals surface area contributed by atoms with Gasteiger partial charge in [-0.25, -0.2) is 0 Å². The van der Waals surface area contributed by atoms with E-state index in [1.54, 1.807) is 6.07 Å². The Balaban J connectivity index is 0.00000256. The van der Waals surface area contributed by atoms with Gasteiger partial charge in [-0.15, -0.1) is 23.7 Å². The lowest BCUT2D eigenvalue weighted by molar-refractivity contribution is 0.0980. The van der Waals surface area contributed by atoms with Crippen molar-refractivity contribution < 1.29 is 4.79 Å². The molecule has 0 aliphatic carbocycles. The van der Waals surface area contributed by atoms with Crippen LogP contribution in [0.3, 0.4) is 0 Å². The molecular weight excluding hydrogens is 278 g/mol. The van der Waals surface area contributed by atoms with E-state index in [1.165, 1.54) is 11.3 Å². The predicted molar refractivity (Wildman–Crippen MR) is 78.2 cm³/mol. The first-order valence-electron chi connectivity index (χ1n) is 4.87. The minimum absolute atomic E-state index is 0. The third-order valence-electron chi connectivity index (χ3n) is 1.82. The molecule has 96 valence electrons. The van der Waals surface area contributed by atoms with E-state index in [0.717, 1.165) is 13.1 Å². The molecule has 4 nitrogen and oxygen atoms in total. The Morgan fingerprint density at radius 2 is 2.24 bits per heavy atom. The van der Waals surface area contributed by atoms with Gasteiger partial charge in [-0.1, -0.05) is 6.07 Å². The van der Waals surface area contributed by atoms with E-state index in [0.29, 0.717) is 9.99 Å². The summed E-state index contributed by atoms with van der Waals surface area (Å²) in [6.07, 6.45) is 0. The Morgan fingerprint density at radius 3 is 2.76 bits per heavy atom. The van der Waals surface area contributed by atoms with Gasteiger partial charge in [0.2, 0.25) is 0 Å². The average molecular weight is 294 g/mol. The first-order chi connectivity index (χ1) is 7.59. The van der Waals surface area contributed by atoms with Crippen molar-refractivity contribution in [1.29, 1.82) is 0 Å². The van der Waals surface area contributed by atoms with Crippen LogP contribution in [0.15, 0.2) is 17.5 Å². The number of nitrogens with zero attached hydrogens (tertiary/aromatic N) is 1. The zero-order valence-electron chi connectivity index (χ0n) is 9.73. The number of hydrogen-bond acceptors (Lipinski definition) is 4. The monoisotopic (exact) mass is 293 g/mol. The zero-order valence-corrected chi connectivity index (χ0v) is 12.2. The molecule has 1 aromatic rings. The average Bonchev–Trinajstić information content (AvgIpc) is 2.69. The molecule has 0 atom stereocenters. The smallest absolute Gasteiger partial charge is 0.267 e. The van der Waals surface area contributed by atoms with Crippen molar-refractivity contribution in [2.75, 3.05) is 27.2 Å². The van der Waals surface area contributed by atoms with E-state index in [4.69, 9.17) is 12.2 Å². The molecule has 1 rings (SSSR count). The van der Waals surface area contributed by atoms with Gasteiger partial charge >= 0.3 is 0 Å². The Morgan fingerprint density at radius 1 is 1.53 bits per heavy atom. The summed E-state index contributed by atoms with van der Waals surface area (Å²) < 4.78 is 0. The number of halogens is 1. The number of likely N-dealkylation sites (N-methyl/N-ethyl adjacent to an activating group) is 1. The predicted octanol–water partition coefficient (Wildman–Crippen LogP) is 1.34. The summed E-state index contributed by atoms with van der Waals surface area (Å²) in [5, 5.41) is 7.83. The second kappa shape index (κ2) is 8.41. The molecule has 7 heteroatoms. The lowest BCUT2D eigenvalue weighted by Crippen LogP contribution is -2.41. The molecule has 0 unspecified atom stereocenters. The van der Waals surface area contributed by atoms with Gasteiger partial charge in [0.05, 0.1) is 4.88 Å². The third-order valence-corrected chi connectivity index (χ3v) is 2.93. The second-order valence-electron chi connectivity index (χ2n) is 3.49. The van der Waals surface area contributed by atoms with Crippen LogP contribution in [0.25, 0.3) is 0 Å². The maximum Gasteiger partial charge on any atom is 0.267 e. The van der Waals surface area contributed by atoms with Crippen LogP contribution in [0, 0.1) is 0 Å². The van der Waals surface area contributed by atoms with E-state index in [-0.39, 0.29) is 18.3 Å². The summed E-state index contributed by atoms with van der Waals surface area (Å²) in [4.78, 5) is 14.3. The SMILES string of the molecule is CN(C)CCNC(=S)NC(=O)c1cccs1.Cl. The number of rotatable bonds is 4. The van der Waals surface area contributed by atoms with E-state index < -0.39 is 0 Å². The van der Waals surface area contributed by atoms with E-state index in [9.17, 15) is 4.79 Å². The number of hydrogen-bond donors (Lipinski definition) is 2. The molecule has 0 saturated carbocycles. The van der Waals surface area contributed by atoms with Gasteiger partial charge in [0, 0.05) is 13.1 Å². The van der Waals surface area contributed by atoms with Crippen LogP contribution in [-0.2, 0) is 0 Å². The van der Waals surface area contributed by atoms with Gasteiger partial charge in [0.15, 0.2) is 5.11 Å². The molecule has 0 bridgehead atoms. The molecule has 0 aliphatic heterocycles. The second-order valence-corrected chi connectivity index (χ2v) is 4.85. The highest BCUT2D eigenvalue weighted by molar-refractivity contribution is 7.80. The molecule has 0 fully saturated rings. The highest BCUT2D eigenvalue weighted by Gasteiger charge is 2.07. The van der Waals surface area contributed by atoms with Crippen LogP contribution in [0.2, 0.25) is 0 Å². The fraction of sp³-hybridized carbons (Fsp3) is 0.400. The largest absolute Gasteiger partial charge is 0.361 e. The summed E-state index contributed by atoms with van der Waals surface area (Å²) in [5.41, 5.74) is 0. The van der Waals surface area contributed by atoms with Crippen molar-refractivity contribution in [3.8, 4) is 0 Å². The lowest BCUT2D eigenvalue weighted by atomic mass is 10.4. The van der Waals surface area contributed by atoms with Gasteiger partial charge in [0.25, 0.3) is 5.91 Å². The van der Waals surface area contributed by atoms with Crippen LogP contribution in [-0.4, -0.2) is 43.1 Å². The number of carbonyl (C=O) groups excluding carboxylic acids is 1. The Bertz CT molecular complexity index is 354. The molecule has 1 amide bonds. The first kappa shape index (κ1) is 16.3. The maximum absolute atomic E-state index is 11.6. The number of thiocarbonyl (C=S) groups is 1. The van der Waals surface area contributed by atoms with Gasteiger partial charge in [-0.05, 0) is 37.8 Å². The van der Waals surface area contributed by atoms with Gasteiger partial charge < -0.3 is 10.2 Å². The summed E-state index contributed by atoms with van der Waals surface area (Å²) >= 11 is 6.39. The van der Waals surface area contributed by atoms with Crippen LogP contribution in [0.5, 0.6) is 0 Å². The third kappa shape index (κ3) is 6.58. The summed E-state index contributed by atoms with van der Waals surface area (Å²) in [5.74, 6) is -0.155. The van der Waals surface area contributed by atoms with E-state index in [2.05, 4.69) is 10.6 Å². The van der Waals surface area contributed by atoms with Crippen LogP contribution < -0.4 is 10.6 Å². The van der Waals surface area contributed by atoms with Crippen molar-refractivity contribution in [2.45, 2.75) is 0 Å². The summed E-state index contributed by atoms with van der Waals surface area (Å²) in [6.45, 7) is 1.59. The first-order valence-corrected chi connectivity index (χ1v) is 6.16. The standard InChI is InChI=1S/C10H15N3OS2.ClH/c1-13(2)6-5-11-10(15)12-9(14)8-4-3-7-16-8;/h3-4,7H,5-6H2,1-2H3,(H2,11,12,14,15);1H. The van der Waals surface area contributed by atoms with Crippen LogP contribution in [0.1, 0.15) is 9.67 Å². The lowest BCUT2D eigenvalue weighted by Gasteiger charge is -2.12. The van der Waals surface area contributed by atoms with Crippen LogP contribution in [0.4, 0.5) is 0 Å². The van der Waals surface area contributed by atoms with Crippen molar-refractivity contribution in [2.24, 2.45) is 0 Å². The fourth-order valence-corrected chi connectivity index (χ4v) is 1.82. The summed E-state index contributed by atoms with van der Waals surface area (Å²) in [6, 6.07) is 3.60. The quantitative estimate of drug-likeness (QED) is 0.822. The molecule has 1 aromatic heterocycles. The Kier molecular flexibility index (Phi) is 8.07. The summed E-state index contributed by atoms with van der Waals surface area (Å²) in [7, 11) is 3.96. The molecule has 0 saturated heterocycles. The Labute approximate surface area is 117 Å². The van der Waals surface area contributed by atoms with Crippen molar-refractivity contribution in [1.82, 2.24) is 15.5 Å². The van der Waals surface area contributed by atoms with Gasteiger partial charge in [0.1, 0.15) is 0 Å². The molecule has 0 aliphatic rings. The molecule has 17 heavy (non-hydrogen) atoms. The maximum atomic E-state index is 11.6. The highest BCUT2D eigenvalue weighted by atomic mass is 35.5. The fourth-order valence-electron chi connectivity index (χ4n) is 1.01. The Hall–Kier alpha value is -0.690.